The molecule has 0 radical (unpaired) electrons. The van der Waals surface area contributed by atoms with Crippen LogP contribution in [0.15, 0.2) is 71.6 Å². The van der Waals surface area contributed by atoms with Crippen LogP contribution in [0.2, 0.25) is 0 Å². The molecule has 162 valence electrons. The highest BCUT2D eigenvalue weighted by Crippen LogP contribution is 2.34. The zero-order chi connectivity index (χ0) is 22.1. The number of aliphatic hydroxyl groups excluding tert-OH is 1. The molecule has 32 heavy (non-hydrogen) atoms. The van der Waals surface area contributed by atoms with Crippen LogP contribution in [0.25, 0.3) is 11.0 Å². The van der Waals surface area contributed by atoms with Crippen molar-refractivity contribution in [3.8, 4) is 0 Å². The number of thiophene rings is 1. The Kier molecular flexibility index (Phi) is 5.24. The number of hydrogen-bond acceptors (Lipinski definition) is 5. The summed E-state index contributed by atoms with van der Waals surface area (Å²) in [5.74, 6) is -0.487. The molecule has 0 aliphatic carbocycles. The van der Waals surface area contributed by atoms with Crippen LogP contribution < -0.4 is 5.32 Å². The summed E-state index contributed by atoms with van der Waals surface area (Å²) in [4.78, 5) is 35.1. The second kappa shape index (κ2) is 8.22. The van der Waals surface area contributed by atoms with Crippen LogP contribution in [0, 0.1) is 0 Å². The van der Waals surface area contributed by atoms with Gasteiger partial charge in [0.25, 0.3) is 11.8 Å². The minimum Gasteiger partial charge on any atom is -0.388 e. The number of rotatable bonds is 4. The van der Waals surface area contributed by atoms with Gasteiger partial charge in [0.05, 0.1) is 17.2 Å². The Bertz CT molecular complexity index is 1250. The quantitative estimate of drug-likeness (QED) is 0.449. The smallest absolute Gasteiger partial charge is 0.272 e. The number of nitrogens with one attached hydrogen (secondary N) is 2. The highest BCUT2D eigenvalue weighted by atomic mass is 32.1. The van der Waals surface area contributed by atoms with Crippen molar-refractivity contribution in [2.24, 2.45) is 0 Å². The van der Waals surface area contributed by atoms with E-state index in [0.29, 0.717) is 29.9 Å². The van der Waals surface area contributed by atoms with E-state index in [1.807, 2.05) is 47.8 Å². The highest BCUT2D eigenvalue weighted by Gasteiger charge is 2.46. The van der Waals surface area contributed by atoms with E-state index < -0.39 is 11.6 Å². The van der Waals surface area contributed by atoms with Crippen LogP contribution in [0.4, 0.5) is 0 Å². The molecule has 1 aliphatic rings. The Morgan fingerprint density at radius 1 is 1.16 bits per heavy atom. The Hall–Kier alpha value is -3.49. The number of fused-ring (bicyclic) bond motifs is 1. The summed E-state index contributed by atoms with van der Waals surface area (Å²) < 4.78 is 0. The first-order valence-corrected chi connectivity index (χ1v) is 11.3. The van der Waals surface area contributed by atoms with Gasteiger partial charge in [-0.3, -0.25) is 9.59 Å². The summed E-state index contributed by atoms with van der Waals surface area (Å²) in [6, 6.07) is 16.7. The second-order valence-corrected chi connectivity index (χ2v) is 8.71. The molecule has 0 bridgehead atoms. The summed E-state index contributed by atoms with van der Waals surface area (Å²) in [5.41, 5.74) is 1.35. The summed E-state index contributed by atoms with van der Waals surface area (Å²) in [7, 11) is 0. The van der Waals surface area contributed by atoms with Crippen molar-refractivity contribution in [1.82, 2.24) is 20.2 Å². The third kappa shape index (κ3) is 3.57. The average Bonchev–Trinajstić information content (AvgIpc) is 3.52. The zero-order valence-corrected chi connectivity index (χ0v) is 18.0. The molecular formula is C24H22N4O3S. The third-order valence-electron chi connectivity index (χ3n) is 6.06. The largest absolute Gasteiger partial charge is 0.388 e. The van der Waals surface area contributed by atoms with Gasteiger partial charge in [0.2, 0.25) is 0 Å². The molecule has 0 spiro atoms. The molecule has 7 nitrogen and oxygen atoms in total. The minimum absolute atomic E-state index is 0.0854. The van der Waals surface area contributed by atoms with Gasteiger partial charge in [0, 0.05) is 30.1 Å². The minimum atomic E-state index is -0.992. The summed E-state index contributed by atoms with van der Waals surface area (Å²) in [5, 5.41) is 18.9. The number of benzene rings is 1. The number of amides is 2. The first kappa shape index (κ1) is 20.4. The monoisotopic (exact) mass is 446 g/mol. The number of hydrogen-bond donors (Lipinski definition) is 3. The lowest BCUT2D eigenvalue weighted by atomic mass is 9.78. The van der Waals surface area contributed by atoms with Crippen molar-refractivity contribution in [2.45, 2.75) is 18.1 Å². The van der Waals surface area contributed by atoms with Crippen LogP contribution in [-0.2, 0) is 5.54 Å². The number of carbonyl (C=O) groups excluding carboxylic acids is 2. The number of H-pyrrole nitrogens is 1. The number of likely N-dealkylation sites (tertiary alicyclic amines) is 1. The van der Waals surface area contributed by atoms with Crippen LogP contribution in [0.1, 0.15) is 32.8 Å². The van der Waals surface area contributed by atoms with Gasteiger partial charge in [-0.2, -0.15) is 11.3 Å². The predicted octanol–water partition coefficient (Wildman–Crippen LogP) is 3.16. The lowest BCUT2D eigenvalue weighted by Gasteiger charge is -2.46. The molecule has 1 saturated heterocycles. The van der Waals surface area contributed by atoms with Crippen molar-refractivity contribution in [3.63, 3.8) is 0 Å². The highest BCUT2D eigenvalue weighted by molar-refractivity contribution is 7.08. The summed E-state index contributed by atoms with van der Waals surface area (Å²) >= 11 is 1.44. The Balaban J connectivity index is 1.41. The van der Waals surface area contributed by atoms with E-state index in [4.69, 9.17) is 0 Å². The van der Waals surface area contributed by atoms with Crippen molar-refractivity contribution in [1.29, 1.82) is 0 Å². The molecule has 0 saturated carbocycles. The lowest BCUT2D eigenvalue weighted by molar-refractivity contribution is -0.0109. The van der Waals surface area contributed by atoms with Gasteiger partial charge < -0.3 is 20.3 Å². The molecule has 3 aromatic heterocycles. The Morgan fingerprint density at radius 2 is 2.00 bits per heavy atom. The second-order valence-electron chi connectivity index (χ2n) is 7.93. The summed E-state index contributed by atoms with van der Waals surface area (Å²) in [6.07, 6.45) is 1.17. The van der Waals surface area contributed by atoms with Crippen molar-refractivity contribution < 1.29 is 14.7 Å². The van der Waals surface area contributed by atoms with Gasteiger partial charge >= 0.3 is 0 Å². The Morgan fingerprint density at radius 3 is 2.75 bits per heavy atom. The molecule has 2 amide bonds. The molecule has 5 rings (SSSR count). The molecule has 0 unspecified atom stereocenters. The molecular weight excluding hydrogens is 424 g/mol. The predicted molar refractivity (Wildman–Crippen MR) is 123 cm³/mol. The van der Waals surface area contributed by atoms with Crippen molar-refractivity contribution in [3.05, 3.63) is 88.4 Å². The average molecular weight is 447 g/mol. The van der Waals surface area contributed by atoms with E-state index in [-0.39, 0.29) is 18.4 Å². The van der Waals surface area contributed by atoms with Crippen LogP contribution in [0.3, 0.4) is 0 Å². The number of piperidine rings is 1. The standard InChI is InChI=1S/C24H22N4O3S/c29-20-14-28(23(31)19-7-6-16-8-11-25-21(16)26-19)12-10-24(20,18-4-2-1-3-5-18)27-22(30)17-9-13-32-15-17/h1-9,11,13,15,20,29H,10,12,14H2,(H,25,26)(H,27,30)/t20-,24+/m1/s1. The topological polar surface area (TPSA) is 98.3 Å². The SMILES string of the molecule is O=C(N[C@]1(c2ccccc2)CCN(C(=O)c2ccc3cc[nH]c3n2)C[C@H]1O)c1ccsc1. The maximum absolute atomic E-state index is 13.1. The molecule has 8 heteroatoms. The normalized spacial score (nSPS) is 20.9. The molecule has 4 aromatic rings. The maximum Gasteiger partial charge on any atom is 0.272 e. The molecule has 1 aromatic carbocycles. The van der Waals surface area contributed by atoms with E-state index >= 15 is 0 Å². The first-order chi connectivity index (χ1) is 15.6. The molecule has 2 atom stereocenters. The number of carbonyl (C=O) groups is 2. The number of pyridine rings is 1. The number of aliphatic hydroxyl groups is 1. The van der Waals surface area contributed by atoms with E-state index in [1.165, 1.54) is 11.3 Å². The van der Waals surface area contributed by atoms with Gasteiger partial charge in [-0.1, -0.05) is 30.3 Å². The molecule has 4 heterocycles. The summed E-state index contributed by atoms with van der Waals surface area (Å²) in [6.45, 7) is 0.460. The number of β-amino-alcohol motifs (C(OH)–C–C–N with tert-alkyl or cyclic N) is 1. The van der Waals surface area contributed by atoms with Gasteiger partial charge in [0.15, 0.2) is 0 Å². The molecule has 1 fully saturated rings. The maximum atomic E-state index is 13.1. The fourth-order valence-electron chi connectivity index (χ4n) is 4.29. The third-order valence-corrected chi connectivity index (χ3v) is 6.75. The van der Waals surface area contributed by atoms with Crippen LogP contribution in [-0.4, -0.2) is 51.0 Å². The Labute approximate surface area is 188 Å². The number of aromatic amines is 1. The molecule has 1 aliphatic heterocycles. The van der Waals surface area contributed by atoms with Gasteiger partial charge in [-0.05, 0) is 41.6 Å². The number of aromatic nitrogens is 2. The van der Waals surface area contributed by atoms with E-state index in [2.05, 4.69) is 15.3 Å². The first-order valence-electron chi connectivity index (χ1n) is 10.4. The van der Waals surface area contributed by atoms with Crippen LogP contribution >= 0.6 is 11.3 Å². The number of nitrogens with zero attached hydrogens (tertiary/aromatic N) is 2. The van der Waals surface area contributed by atoms with Gasteiger partial charge in [-0.25, -0.2) is 4.98 Å². The zero-order valence-electron chi connectivity index (χ0n) is 17.2. The van der Waals surface area contributed by atoms with Gasteiger partial charge in [-0.15, -0.1) is 0 Å². The fourth-order valence-corrected chi connectivity index (χ4v) is 4.92. The van der Waals surface area contributed by atoms with E-state index in [9.17, 15) is 14.7 Å². The van der Waals surface area contributed by atoms with Crippen molar-refractivity contribution in [2.75, 3.05) is 13.1 Å². The van der Waals surface area contributed by atoms with E-state index in [1.54, 1.807) is 28.6 Å². The van der Waals surface area contributed by atoms with Crippen molar-refractivity contribution >= 4 is 34.2 Å². The van der Waals surface area contributed by atoms with Gasteiger partial charge in [0.1, 0.15) is 11.3 Å². The van der Waals surface area contributed by atoms with Crippen LogP contribution in [0.5, 0.6) is 0 Å². The lowest BCUT2D eigenvalue weighted by Crippen LogP contribution is -2.62. The van der Waals surface area contributed by atoms with E-state index in [0.717, 1.165) is 10.9 Å². The fraction of sp³-hybridized carbons (Fsp3) is 0.208. The molecule has 3 N–H and O–H groups in total.